The van der Waals surface area contributed by atoms with E-state index in [2.05, 4.69) is 0 Å². The lowest BCUT2D eigenvalue weighted by Gasteiger charge is -2.23. The maximum atomic E-state index is 10.7. The second-order valence-electron chi connectivity index (χ2n) is 3.03. The minimum atomic E-state index is -0.185. The molecule has 0 aromatic carbocycles. The van der Waals surface area contributed by atoms with Crippen molar-refractivity contribution in [2.45, 2.75) is 31.7 Å². The van der Waals surface area contributed by atoms with E-state index in [0.717, 1.165) is 25.7 Å². The zero-order chi connectivity index (χ0) is 7.56. The van der Waals surface area contributed by atoms with Crippen LogP contribution in [0.3, 0.4) is 0 Å². The summed E-state index contributed by atoms with van der Waals surface area (Å²) in [6, 6.07) is 0.200. The first-order valence-electron chi connectivity index (χ1n) is 3.75. The van der Waals surface area contributed by atoms with Gasteiger partial charge < -0.3 is 11.5 Å². The zero-order valence-corrected chi connectivity index (χ0v) is 7.27. The number of halogens is 1. The minimum Gasteiger partial charge on any atom is -0.369 e. The van der Waals surface area contributed by atoms with Crippen LogP contribution in [0.2, 0.25) is 0 Å². The standard InChI is InChI=1S/C7H14N2O.ClH/c8-6-3-1-2-5(4-6)7(9)10;/h5-6H,1-4,8H2,(H2,9,10);1H/t5-,6-;/m1./s1. The van der Waals surface area contributed by atoms with Gasteiger partial charge in [0.15, 0.2) is 0 Å². The van der Waals surface area contributed by atoms with Crippen LogP contribution in [-0.4, -0.2) is 11.9 Å². The fourth-order valence-corrected chi connectivity index (χ4v) is 1.49. The SMILES string of the molecule is Cl.NC(=O)[C@@H]1CCC[C@@H](N)C1. The number of primary amides is 1. The fourth-order valence-electron chi connectivity index (χ4n) is 1.49. The lowest BCUT2D eigenvalue weighted by molar-refractivity contribution is -0.122. The molecule has 1 aliphatic carbocycles. The summed E-state index contributed by atoms with van der Waals surface area (Å²) in [6.07, 6.45) is 3.82. The highest BCUT2D eigenvalue weighted by Gasteiger charge is 2.22. The van der Waals surface area contributed by atoms with Gasteiger partial charge in [0, 0.05) is 12.0 Å². The third-order valence-corrected chi connectivity index (χ3v) is 2.12. The molecular weight excluding hydrogens is 164 g/mol. The second-order valence-corrected chi connectivity index (χ2v) is 3.03. The van der Waals surface area contributed by atoms with Gasteiger partial charge in [-0.05, 0) is 19.3 Å². The van der Waals surface area contributed by atoms with Gasteiger partial charge in [0.2, 0.25) is 5.91 Å². The summed E-state index contributed by atoms with van der Waals surface area (Å²) in [4.78, 5) is 10.7. The highest BCUT2D eigenvalue weighted by Crippen LogP contribution is 2.22. The van der Waals surface area contributed by atoms with E-state index < -0.39 is 0 Å². The maximum Gasteiger partial charge on any atom is 0.220 e. The molecule has 4 N–H and O–H groups in total. The van der Waals surface area contributed by atoms with Crippen molar-refractivity contribution >= 4 is 18.3 Å². The van der Waals surface area contributed by atoms with Crippen molar-refractivity contribution in [3.63, 3.8) is 0 Å². The van der Waals surface area contributed by atoms with E-state index in [-0.39, 0.29) is 30.3 Å². The maximum absolute atomic E-state index is 10.7. The first-order valence-corrected chi connectivity index (χ1v) is 3.75. The largest absolute Gasteiger partial charge is 0.369 e. The lowest BCUT2D eigenvalue weighted by atomic mass is 9.86. The Morgan fingerprint density at radius 1 is 1.36 bits per heavy atom. The summed E-state index contributed by atoms with van der Waals surface area (Å²) in [5.41, 5.74) is 10.8. The Labute approximate surface area is 72.9 Å². The molecule has 0 aromatic heterocycles. The number of nitrogens with two attached hydrogens (primary N) is 2. The van der Waals surface area contributed by atoms with Crippen molar-refractivity contribution < 1.29 is 4.79 Å². The van der Waals surface area contributed by atoms with E-state index in [1.165, 1.54) is 0 Å². The van der Waals surface area contributed by atoms with Gasteiger partial charge in [0.25, 0.3) is 0 Å². The molecule has 0 bridgehead atoms. The van der Waals surface area contributed by atoms with Crippen LogP contribution in [0.25, 0.3) is 0 Å². The van der Waals surface area contributed by atoms with Crippen LogP contribution >= 0.6 is 12.4 Å². The summed E-state index contributed by atoms with van der Waals surface area (Å²) >= 11 is 0. The van der Waals surface area contributed by atoms with Crippen LogP contribution in [0.4, 0.5) is 0 Å². The average molecular weight is 179 g/mol. The molecule has 2 atom stereocenters. The van der Waals surface area contributed by atoms with E-state index in [1.54, 1.807) is 0 Å². The van der Waals surface area contributed by atoms with Crippen LogP contribution < -0.4 is 11.5 Å². The number of carbonyl (C=O) groups excluding carboxylic acids is 1. The number of rotatable bonds is 1. The molecule has 3 nitrogen and oxygen atoms in total. The quantitative estimate of drug-likeness (QED) is 0.611. The van der Waals surface area contributed by atoms with Gasteiger partial charge in [-0.15, -0.1) is 12.4 Å². The zero-order valence-electron chi connectivity index (χ0n) is 6.45. The van der Waals surface area contributed by atoms with E-state index >= 15 is 0 Å². The van der Waals surface area contributed by atoms with Crippen molar-refractivity contribution in [3.8, 4) is 0 Å². The molecule has 0 unspecified atom stereocenters. The van der Waals surface area contributed by atoms with Crippen LogP contribution in [0.1, 0.15) is 25.7 Å². The highest BCUT2D eigenvalue weighted by atomic mass is 35.5. The van der Waals surface area contributed by atoms with Crippen LogP contribution in [-0.2, 0) is 4.79 Å². The second kappa shape index (κ2) is 4.57. The third-order valence-electron chi connectivity index (χ3n) is 2.12. The summed E-state index contributed by atoms with van der Waals surface area (Å²) in [5, 5.41) is 0. The Morgan fingerprint density at radius 3 is 2.36 bits per heavy atom. The highest BCUT2D eigenvalue weighted by molar-refractivity contribution is 5.85. The molecule has 1 rings (SSSR count). The van der Waals surface area contributed by atoms with Gasteiger partial charge in [0.1, 0.15) is 0 Å². The van der Waals surface area contributed by atoms with E-state index in [4.69, 9.17) is 11.5 Å². The molecule has 1 aliphatic rings. The summed E-state index contributed by atoms with van der Waals surface area (Å²) < 4.78 is 0. The monoisotopic (exact) mass is 178 g/mol. The molecular formula is C7H15ClN2O. The van der Waals surface area contributed by atoms with Crippen molar-refractivity contribution in [2.24, 2.45) is 17.4 Å². The summed E-state index contributed by atoms with van der Waals surface area (Å²) in [6.45, 7) is 0. The number of hydrogen-bond acceptors (Lipinski definition) is 2. The molecule has 66 valence electrons. The van der Waals surface area contributed by atoms with E-state index in [0.29, 0.717) is 0 Å². The molecule has 0 aromatic rings. The van der Waals surface area contributed by atoms with Gasteiger partial charge in [-0.2, -0.15) is 0 Å². The molecule has 0 saturated heterocycles. The third kappa shape index (κ3) is 3.08. The smallest absolute Gasteiger partial charge is 0.220 e. The average Bonchev–Trinajstić information content (AvgIpc) is 1.88. The van der Waals surface area contributed by atoms with Crippen LogP contribution in [0, 0.1) is 5.92 Å². The van der Waals surface area contributed by atoms with Gasteiger partial charge in [-0.1, -0.05) is 6.42 Å². The van der Waals surface area contributed by atoms with Crippen molar-refractivity contribution in [1.82, 2.24) is 0 Å². The molecule has 0 spiro atoms. The first-order chi connectivity index (χ1) is 4.70. The molecule has 0 aliphatic heterocycles. The molecule has 1 saturated carbocycles. The van der Waals surface area contributed by atoms with Crippen molar-refractivity contribution in [3.05, 3.63) is 0 Å². The van der Waals surface area contributed by atoms with Gasteiger partial charge in [0.05, 0.1) is 0 Å². The summed E-state index contributed by atoms with van der Waals surface area (Å²) in [7, 11) is 0. The Hall–Kier alpha value is -0.280. The number of hydrogen-bond donors (Lipinski definition) is 2. The Balaban J connectivity index is 0.000001000. The molecule has 1 amide bonds. The Bertz CT molecular complexity index is 140. The Kier molecular flexibility index (Phi) is 4.45. The topological polar surface area (TPSA) is 69.1 Å². The predicted molar refractivity (Wildman–Crippen MR) is 46.4 cm³/mol. The molecule has 0 radical (unpaired) electrons. The molecule has 11 heavy (non-hydrogen) atoms. The van der Waals surface area contributed by atoms with Gasteiger partial charge in [-0.3, -0.25) is 4.79 Å². The van der Waals surface area contributed by atoms with Crippen molar-refractivity contribution in [2.75, 3.05) is 0 Å². The number of amides is 1. The van der Waals surface area contributed by atoms with Crippen molar-refractivity contribution in [1.29, 1.82) is 0 Å². The van der Waals surface area contributed by atoms with Gasteiger partial charge >= 0.3 is 0 Å². The first kappa shape index (κ1) is 10.7. The summed E-state index contributed by atoms with van der Waals surface area (Å²) in [5.74, 6) is -0.140. The van der Waals surface area contributed by atoms with Gasteiger partial charge in [-0.25, -0.2) is 0 Å². The minimum absolute atomic E-state index is 0. The molecule has 0 heterocycles. The Morgan fingerprint density at radius 2 is 2.00 bits per heavy atom. The lowest BCUT2D eigenvalue weighted by Crippen LogP contribution is -2.34. The fraction of sp³-hybridized carbons (Fsp3) is 0.857. The molecule has 4 heteroatoms. The predicted octanol–water partition coefficient (Wildman–Crippen LogP) is 0.411. The van der Waals surface area contributed by atoms with E-state index in [1.807, 2.05) is 0 Å². The normalized spacial score (nSPS) is 30.6. The molecule has 1 fully saturated rings. The number of carbonyl (C=O) groups is 1. The van der Waals surface area contributed by atoms with Crippen LogP contribution in [0.15, 0.2) is 0 Å². The van der Waals surface area contributed by atoms with Crippen LogP contribution in [0.5, 0.6) is 0 Å². The van der Waals surface area contributed by atoms with E-state index in [9.17, 15) is 4.79 Å².